The first-order valence-electron chi connectivity index (χ1n) is 4.55. The third kappa shape index (κ3) is 1.98. The zero-order valence-corrected chi connectivity index (χ0v) is 9.12. The Bertz CT molecular complexity index is 529. The minimum atomic E-state index is -0.248. The van der Waals surface area contributed by atoms with Crippen molar-refractivity contribution in [2.45, 2.75) is 13.5 Å². The number of nitrogens with two attached hydrogens (primary N) is 1. The summed E-state index contributed by atoms with van der Waals surface area (Å²) in [7, 11) is 0. The molecule has 0 aliphatic rings. The highest BCUT2D eigenvalue weighted by Gasteiger charge is 2.02. The number of hydrogen-bond acceptors (Lipinski definition) is 4. The lowest BCUT2D eigenvalue weighted by Crippen LogP contribution is -2.18. The number of hydrogen-bond donors (Lipinski definition) is 1. The van der Waals surface area contributed by atoms with E-state index in [2.05, 4.69) is 4.98 Å². The van der Waals surface area contributed by atoms with E-state index in [9.17, 15) is 4.79 Å². The average molecular weight is 221 g/mol. The summed E-state index contributed by atoms with van der Waals surface area (Å²) in [4.78, 5) is 16.2. The van der Waals surface area contributed by atoms with Crippen molar-refractivity contribution < 1.29 is 0 Å². The van der Waals surface area contributed by atoms with Gasteiger partial charge >= 0.3 is 0 Å². The van der Waals surface area contributed by atoms with E-state index >= 15 is 0 Å². The van der Waals surface area contributed by atoms with E-state index in [1.165, 1.54) is 11.2 Å². The molecule has 78 valence electrons. The van der Waals surface area contributed by atoms with Gasteiger partial charge in [-0.2, -0.15) is 4.98 Å². The highest BCUT2D eigenvalue weighted by atomic mass is 32.1. The molecule has 2 N–H and O–H groups in total. The van der Waals surface area contributed by atoms with Gasteiger partial charge in [0.1, 0.15) is 11.3 Å². The Morgan fingerprint density at radius 1 is 1.53 bits per heavy atom. The van der Waals surface area contributed by atoms with E-state index in [0.29, 0.717) is 5.56 Å². The van der Waals surface area contributed by atoms with Crippen molar-refractivity contribution in [3.63, 3.8) is 0 Å². The topological polar surface area (TPSA) is 60.9 Å². The molecule has 0 saturated heterocycles. The number of rotatable bonds is 2. The lowest BCUT2D eigenvalue weighted by Gasteiger charge is -2.03. The molecule has 2 rings (SSSR count). The summed E-state index contributed by atoms with van der Waals surface area (Å²) >= 11 is 1.65. The predicted octanol–water partition coefficient (Wildman–Crippen LogP) is 1.06. The van der Waals surface area contributed by atoms with Gasteiger partial charge in [-0.15, -0.1) is 11.3 Å². The molecule has 0 aromatic carbocycles. The van der Waals surface area contributed by atoms with Crippen LogP contribution in [-0.2, 0) is 6.54 Å². The maximum absolute atomic E-state index is 11.2. The summed E-state index contributed by atoms with van der Waals surface area (Å²) in [5.41, 5.74) is 5.74. The van der Waals surface area contributed by atoms with Crippen LogP contribution >= 0.6 is 11.3 Å². The standard InChI is InChI=1S/C10H11N3OS/c1-7-2-3-9(15-7)13-5-8(4-11)10(14)12-6-13/h2-3,5-6H,4,11H2,1H3. The van der Waals surface area contributed by atoms with Crippen LogP contribution in [0.5, 0.6) is 0 Å². The number of thiophene rings is 1. The van der Waals surface area contributed by atoms with Crippen molar-refractivity contribution in [1.29, 1.82) is 0 Å². The molecule has 2 aromatic rings. The normalized spacial score (nSPS) is 10.5. The first-order valence-corrected chi connectivity index (χ1v) is 5.36. The van der Waals surface area contributed by atoms with E-state index in [4.69, 9.17) is 5.73 Å². The van der Waals surface area contributed by atoms with Crippen LogP contribution in [0.3, 0.4) is 0 Å². The van der Waals surface area contributed by atoms with Crippen LogP contribution in [0, 0.1) is 6.92 Å². The van der Waals surface area contributed by atoms with Crippen molar-refractivity contribution in [3.05, 3.63) is 45.5 Å². The molecular formula is C10H11N3OS. The molecule has 5 heteroatoms. The van der Waals surface area contributed by atoms with Gasteiger partial charge in [-0.3, -0.25) is 9.36 Å². The lowest BCUT2D eigenvalue weighted by atomic mass is 10.3. The third-order valence-electron chi connectivity index (χ3n) is 2.07. The molecule has 0 saturated carbocycles. The Morgan fingerprint density at radius 2 is 2.33 bits per heavy atom. The van der Waals surface area contributed by atoms with E-state index in [1.807, 2.05) is 23.6 Å². The largest absolute Gasteiger partial charge is 0.326 e. The van der Waals surface area contributed by atoms with Crippen molar-refractivity contribution in [2.75, 3.05) is 0 Å². The minimum Gasteiger partial charge on any atom is -0.326 e. The smallest absolute Gasteiger partial charge is 0.277 e. The molecule has 0 fully saturated rings. The first-order chi connectivity index (χ1) is 7.20. The summed E-state index contributed by atoms with van der Waals surface area (Å²) in [5, 5.41) is 1.04. The molecule has 0 spiro atoms. The van der Waals surface area contributed by atoms with Crippen molar-refractivity contribution in [2.24, 2.45) is 5.73 Å². The second-order valence-electron chi connectivity index (χ2n) is 3.20. The summed E-state index contributed by atoms with van der Waals surface area (Å²) < 4.78 is 1.82. The van der Waals surface area contributed by atoms with E-state index in [-0.39, 0.29) is 12.1 Å². The van der Waals surface area contributed by atoms with Crippen LogP contribution < -0.4 is 11.3 Å². The number of aryl methyl sites for hydroxylation is 1. The zero-order valence-electron chi connectivity index (χ0n) is 8.30. The Kier molecular flexibility index (Phi) is 2.66. The van der Waals surface area contributed by atoms with Crippen LogP contribution in [0.4, 0.5) is 0 Å². The van der Waals surface area contributed by atoms with Gasteiger partial charge in [0.05, 0.1) is 0 Å². The quantitative estimate of drug-likeness (QED) is 0.825. The summed E-state index contributed by atoms with van der Waals surface area (Å²) in [6.45, 7) is 2.25. The zero-order chi connectivity index (χ0) is 10.8. The fraction of sp³-hybridized carbons (Fsp3) is 0.200. The lowest BCUT2D eigenvalue weighted by molar-refractivity contribution is 0.908. The van der Waals surface area contributed by atoms with Gasteiger partial charge in [0, 0.05) is 23.2 Å². The van der Waals surface area contributed by atoms with Crippen molar-refractivity contribution >= 4 is 11.3 Å². The van der Waals surface area contributed by atoms with Crippen molar-refractivity contribution in [3.8, 4) is 5.00 Å². The summed E-state index contributed by atoms with van der Waals surface area (Å²) in [6.07, 6.45) is 3.26. The van der Waals surface area contributed by atoms with Gasteiger partial charge in [0.2, 0.25) is 0 Å². The molecule has 15 heavy (non-hydrogen) atoms. The van der Waals surface area contributed by atoms with Crippen LogP contribution in [0.15, 0.2) is 29.5 Å². The second-order valence-corrected chi connectivity index (χ2v) is 4.47. The molecule has 2 heterocycles. The van der Waals surface area contributed by atoms with E-state index in [1.54, 1.807) is 17.5 Å². The molecule has 0 aliphatic carbocycles. The molecule has 0 atom stereocenters. The van der Waals surface area contributed by atoms with E-state index < -0.39 is 0 Å². The van der Waals surface area contributed by atoms with Crippen LogP contribution in [0.25, 0.3) is 5.00 Å². The minimum absolute atomic E-state index is 0.219. The SMILES string of the molecule is Cc1ccc(-n2cnc(=O)c(CN)c2)s1. The third-order valence-corrected chi connectivity index (χ3v) is 3.08. The Morgan fingerprint density at radius 3 is 2.93 bits per heavy atom. The van der Waals surface area contributed by atoms with Gasteiger partial charge in [-0.1, -0.05) is 0 Å². The second kappa shape index (κ2) is 3.96. The summed E-state index contributed by atoms with van der Waals surface area (Å²) in [6, 6.07) is 4.02. The molecule has 0 unspecified atom stereocenters. The Labute approximate surface area is 91.0 Å². The number of aromatic nitrogens is 2. The molecule has 4 nitrogen and oxygen atoms in total. The maximum atomic E-state index is 11.2. The maximum Gasteiger partial charge on any atom is 0.277 e. The van der Waals surface area contributed by atoms with Crippen molar-refractivity contribution in [1.82, 2.24) is 9.55 Å². The average Bonchev–Trinajstić information content (AvgIpc) is 2.66. The highest BCUT2D eigenvalue weighted by molar-refractivity contribution is 7.14. The molecule has 0 aliphatic heterocycles. The highest BCUT2D eigenvalue weighted by Crippen LogP contribution is 2.18. The summed E-state index contributed by atoms with van der Waals surface area (Å²) in [5.74, 6) is 0. The molecule has 0 bridgehead atoms. The van der Waals surface area contributed by atoms with Gasteiger partial charge in [0.15, 0.2) is 0 Å². The Hall–Kier alpha value is -1.46. The monoisotopic (exact) mass is 221 g/mol. The Balaban J connectivity index is 2.50. The first kappa shape index (κ1) is 10.1. The predicted molar refractivity (Wildman–Crippen MR) is 60.3 cm³/mol. The van der Waals surface area contributed by atoms with Gasteiger partial charge < -0.3 is 5.73 Å². The van der Waals surface area contributed by atoms with Gasteiger partial charge in [-0.05, 0) is 19.1 Å². The molecule has 2 aromatic heterocycles. The van der Waals surface area contributed by atoms with Gasteiger partial charge in [0.25, 0.3) is 5.56 Å². The fourth-order valence-electron chi connectivity index (χ4n) is 1.27. The number of nitrogens with zero attached hydrogens (tertiary/aromatic N) is 2. The van der Waals surface area contributed by atoms with Crippen LogP contribution in [0.2, 0.25) is 0 Å². The molecule has 0 radical (unpaired) electrons. The molecular weight excluding hydrogens is 210 g/mol. The van der Waals surface area contributed by atoms with Crippen LogP contribution in [-0.4, -0.2) is 9.55 Å². The fourth-order valence-corrected chi connectivity index (χ4v) is 2.08. The van der Waals surface area contributed by atoms with Crippen LogP contribution in [0.1, 0.15) is 10.4 Å². The van der Waals surface area contributed by atoms with E-state index in [0.717, 1.165) is 5.00 Å². The molecule has 0 amide bonds. The van der Waals surface area contributed by atoms with Gasteiger partial charge in [-0.25, -0.2) is 0 Å².